The van der Waals surface area contributed by atoms with E-state index in [0.717, 1.165) is 25.7 Å². The molecule has 84 valence electrons. The van der Waals surface area contributed by atoms with Crippen molar-refractivity contribution in [1.29, 1.82) is 0 Å². The number of aliphatic hydroxyl groups is 1. The molecule has 0 aromatic rings. The molecule has 0 atom stereocenters. The number of nitrogens with zero attached hydrogens (tertiary/aromatic N) is 1. The first kappa shape index (κ1) is 13.4. The lowest BCUT2D eigenvalue weighted by atomic mass is 9.89. The molecule has 0 aliphatic rings. The van der Waals surface area contributed by atoms with Crippen LogP contribution in [-0.4, -0.2) is 22.2 Å². The highest BCUT2D eigenvalue weighted by Gasteiger charge is 2.40. The van der Waals surface area contributed by atoms with Crippen molar-refractivity contribution < 1.29 is 10.0 Å². The van der Waals surface area contributed by atoms with Crippen molar-refractivity contribution in [2.45, 2.75) is 57.9 Å². The van der Waals surface area contributed by atoms with Crippen molar-refractivity contribution >= 4 is 0 Å². The highest BCUT2D eigenvalue weighted by Crippen LogP contribution is 2.24. The summed E-state index contributed by atoms with van der Waals surface area (Å²) in [5.74, 6) is 0. The fraction of sp³-hybridized carbons (Fsp3) is 1.00. The molecule has 4 nitrogen and oxygen atoms in total. The van der Waals surface area contributed by atoms with Gasteiger partial charge in [-0.1, -0.05) is 26.7 Å². The normalized spacial score (nSPS) is 11.6. The van der Waals surface area contributed by atoms with E-state index < -0.39 is 5.54 Å². The van der Waals surface area contributed by atoms with Crippen LogP contribution >= 0.6 is 0 Å². The summed E-state index contributed by atoms with van der Waals surface area (Å²) in [4.78, 5) is 10.6. The second-order valence-electron chi connectivity index (χ2n) is 3.85. The average Bonchev–Trinajstić information content (AvgIpc) is 2.18. The van der Waals surface area contributed by atoms with Crippen molar-refractivity contribution in [3.05, 3.63) is 10.1 Å². The summed E-state index contributed by atoms with van der Waals surface area (Å²) in [5.41, 5.74) is -1.08. The van der Waals surface area contributed by atoms with Crippen LogP contribution in [0.2, 0.25) is 0 Å². The number of nitro groups is 1. The molecule has 0 aromatic heterocycles. The highest BCUT2D eigenvalue weighted by atomic mass is 16.6. The van der Waals surface area contributed by atoms with Gasteiger partial charge in [0.25, 0.3) is 0 Å². The average molecular weight is 203 g/mol. The van der Waals surface area contributed by atoms with Crippen LogP contribution in [0.25, 0.3) is 0 Å². The van der Waals surface area contributed by atoms with E-state index in [1.54, 1.807) is 0 Å². The van der Waals surface area contributed by atoms with E-state index in [-0.39, 0.29) is 11.5 Å². The first-order valence-electron chi connectivity index (χ1n) is 5.38. The third kappa shape index (κ3) is 3.62. The summed E-state index contributed by atoms with van der Waals surface area (Å²) in [6.45, 7) is 3.67. The SMILES string of the molecule is CCCCC(CO)(CCCC)[N+](=O)[O-]. The van der Waals surface area contributed by atoms with Gasteiger partial charge in [0.15, 0.2) is 0 Å². The van der Waals surface area contributed by atoms with Crippen molar-refractivity contribution in [3.8, 4) is 0 Å². The van der Waals surface area contributed by atoms with Gasteiger partial charge in [0.05, 0.1) is 0 Å². The second kappa shape index (κ2) is 6.76. The summed E-state index contributed by atoms with van der Waals surface area (Å²) in [5, 5.41) is 20.1. The fourth-order valence-electron chi connectivity index (χ4n) is 1.54. The quantitative estimate of drug-likeness (QED) is 0.486. The van der Waals surface area contributed by atoms with E-state index in [2.05, 4.69) is 0 Å². The molecule has 4 heteroatoms. The molecule has 14 heavy (non-hydrogen) atoms. The maximum Gasteiger partial charge on any atom is 0.244 e. The van der Waals surface area contributed by atoms with Gasteiger partial charge >= 0.3 is 0 Å². The Hall–Kier alpha value is -0.640. The van der Waals surface area contributed by atoms with Gasteiger partial charge in [-0.05, 0) is 12.8 Å². The molecule has 0 rings (SSSR count). The number of hydrogen-bond donors (Lipinski definition) is 1. The molecular formula is C10H21NO3. The lowest BCUT2D eigenvalue weighted by Gasteiger charge is -2.22. The zero-order valence-electron chi connectivity index (χ0n) is 9.16. The Kier molecular flexibility index (Phi) is 6.45. The fourth-order valence-corrected chi connectivity index (χ4v) is 1.54. The molecule has 0 aliphatic carbocycles. The van der Waals surface area contributed by atoms with Gasteiger partial charge < -0.3 is 5.11 Å². The van der Waals surface area contributed by atoms with Crippen LogP contribution in [0, 0.1) is 10.1 Å². The molecular weight excluding hydrogens is 182 g/mol. The minimum absolute atomic E-state index is 0.293. The van der Waals surface area contributed by atoms with Gasteiger partial charge in [0.2, 0.25) is 5.54 Å². The van der Waals surface area contributed by atoms with Crippen molar-refractivity contribution in [1.82, 2.24) is 0 Å². The van der Waals surface area contributed by atoms with E-state index in [0.29, 0.717) is 12.8 Å². The smallest absolute Gasteiger partial charge is 0.244 e. The van der Waals surface area contributed by atoms with Crippen LogP contribution < -0.4 is 0 Å². The minimum atomic E-state index is -1.08. The molecule has 1 N–H and O–H groups in total. The van der Waals surface area contributed by atoms with Crippen LogP contribution in [0.3, 0.4) is 0 Å². The van der Waals surface area contributed by atoms with Crippen LogP contribution in [0.5, 0.6) is 0 Å². The zero-order valence-corrected chi connectivity index (χ0v) is 9.16. The van der Waals surface area contributed by atoms with Gasteiger partial charge in [-0.25, -0.2) is 0 Å². The van der Waals surface area contributed by atoms with Gasteiger partial charge in [0.1, 0.15) is 6.61 Å². The number of aliphatic hydroxyl groups excluding tert-OH is 1. The Labute approximate surface area is 85.5 Å². The Bertz CT molecular complexity index is 163. The molecule has 0 unspecified atom stereocenters. The zero-order chi connectivity index (χ0) is 11.0. The number of rotatable bonds is 8. The van der Waals surface area contributed by atoms with E-state index in [9.17, 15) is 10.1 Å². The second-order valence-corrected chi connectivity index (χ2v) is 3.85. The molecule has 0 amide bonds. The van der Waals surface area contributed by atoms with E-state index in [1.807, 2.05) is 13.8 Å². The molecule has 0 spiro atoms. The Morgan fingerprint density at radius 1 is 1.21 bits per heavy atom. The predicted octanol–water partition coefficient (Wildman–Crippen LogP) is 2.37. The van der Waals surface area contributed by atoms with Crippen molar-refractivity contribution in [2.75, 3.05) is 6.61 Å². The van der Waals surface area contributed by atoms with Gasteiger partial charge in [-0.15, -0.1) is 0 Å². The van der Waals surface area contributed by atoms with E-state index in [1.165, 1.54) is 0 Å². The predicted molar refractivity (Wildman–Crippen MR) is 55.9 cm³/mol. The maximum absolute atomic E-state index is 10.9. The molecule has 0 heterocycles. The first-order valence-corrected chi connectivity index (χ1v) is 5.38. The molecule has 0 aliphatic heterocycles. The largest absolute Gasteiger partial charge is 0.389 e. The molecule has 0 aromatic carbocycles. The topological polar surface area (TPSA) is 63.4 Å². The summed E-state index contributed by atoms with van der Waals surface area (Å²) in [6.07, 6.45) is 4.47. The lowest BCUT2D eigenvalue weighted by Crippen LogP contribution is -2.42. The van der Waals surface area contributed by atoms with Gasteiger partial charge in [-0.3, -0.25) is 10.1 Å². The van der Waals surface area contributed by atoms with E-state index in [4.69, 9.17) is 5.11 Å². The van der Waals surface area contributed by atoms with Gasteiger partial charge in [0, 0.05) is 17.8 Å². The van der Waals surface area contributed by atoms with Crippen LogP contribution in [-0.2, 0) is 0 Å². The first-order chi connectivity index (χ1) is 6.63. The monoisotopic (exact) mass is 203 g/mol. The third-order valence-electron chi connectivity index (χ3n) is 2.67. The Balaban J connectivity index is 4.35. The standard InChI is InChI=1S/C10H21NO3/c1-3-5-7-10(9-12,11(13)14)8-6-4-2/h12H,3-9H2,1-2H3. The summed E-state index contributed by atoms with van der Waals surface area (Å²) in [6, 6.07) is 0. The summed E-state index contributed by atoms with van der Waals surface area (Å²) >= 11 is 0. The number of unbranched alkanes of at least 4 members (excludes halogenated alkanes) is 2. The van der Waals surface area contributed by atoms with Crippen molar-refractivity contribution in [2.24, 2.45) is 0 Å². The lowest BCUT2D eigenvalue weighted by molar-refractivity contribution is -0.576. The highest BCUT2D eigenvalue weighted by molar-refractivity contribution is 4.78. The van der Waals surface area contributed by atoms with E-state index >= 15 is 0 Å². The van der Waals surface area contributed by atoms with Gasteiger partial charge in [-0.2, -0.15) is 0 Å². The summed E-state index contributed by atoms with van der Waals surface area (Å²) < 4.78 is 0. The molecule has 0 bridgehead atoms. The van der Waals surface area contributed by atoms with Crippen LogP contribution in [0.1, 0.15) is 52.4 Å². The minimum Gasteiger partial charge on any atom is -0.389 e. The van der Waals surface area contributed by atoms with Crippen molar-refractivity contribution in [3.63, 3.8) is 0 Å². The maximum atomic E-state index is 10.9. The molecule has 0 radical (unpaired) electrons. The molecule has 0 saturated heterocycles. The Morgan fingerprint density at radius 3 is 1.86 bits per heavy atom. The molecule has 0 saturated carbocycles. The number of hydrogen-bond acceptors (Lipinski definition) is 3. The molecule has 0 fully saturated rings. The Morgan fingerprint density at radius 2 is 1.64 bits per heavy atom. The van der Waals surface area contributed by atoms with Crippen LogP contribution in [0.15, 0.2) is 0 Å². The van der Waals surface area contributed by atoms with Crippen LogP contribution in [0.4, 0.5) is 0 Å². The third-order valence-corrected chi connectivity index (χ3v) is 2.67. The summed E-state index contributed by atoms with van der Waals surface area (Å²) in [7, 11) is 0.